The SMILES string of the molecule is O=C(CN1CCC[C@H]1C(=O)NCc1ccccc1)c1ccc2c(c1)OCO2. The van der Waals surface area contributed by atoms with Gasteiger partial charge in [-0.2, -0.15) is 0 Å². The van der Waals surface area contributed by atoms with Crippen LogP contribution in [0.25, 0.3) is 0 Å². The Morgan fingerprint density at radius 2 is 1.89 bits per heavy atom. The topological polar surface area (TPSA) is 67.9 Å². The molecule has 6 nitrogen and oxygen atoms in total. The van der Waals surface area contributed by atoms with Crippen molar-refractivity contribution in [2.24, 2.45) is 0 Å². The first-order chi connectivity index (χ1) is 13.2. The van der Waals surface area contributed by atoms with Gasteiger partial charge in [-0.3, -0.25) is 14.5 Å². The van der Waals surface area contributed by atoms with E-state index < -0.39 is 0 Å². The molecule has 0 aromatic heterocycles. The van der Waals surface area contributed by atoms with Gasteiger partial charge in [-0.1, -0.05) is 30.3 Å². The maximum Gasteiger partial charge on any atom is 0.237 e. The average molecular weight is 366 g/mol. The zero-order chi connectivity index (χ0) is 18.6. The van der Waals surface area contributed by atoms with Gasteiger partial charge in [0, 0.05) is 12.1 Å². The minimum Gasteiger partial charge on any atom is -0.454 e. The number of hydrogen-bond acceptors (Lipinski definition) is 5. The summed E-state index contributed by atoms with van der Waals surface area (Å²) >= 11 is 0. The molecule has 6 heteroatoms. The van der Waals surface area contributed by atoms with Crippen molar-refractivity contribution in [2.45, 2.75) is 25.4 Å². The number of benzene rings is 2. The molecule has 1 amide bonds. The van der Waals surface area contributed by atoms with Crippen LogP contribution >= 0.6 is 0 Å². The van der Waals surface area contributed by atoms with Gasteiger partial charge >= 0.3 is 0 Å². The van der Waals surface area contributed by atoms with E-state index in [9.17, 15) is 9.59 Å². The molecular formula is C21H22N2O4. The lowest BCUT2D eigenvalue weighted by Crippen LogP contribution is -2.44. The van der Waals surface area contributed by atoms with Crippen molar-refractivity contribution in [3.63, 3.8) is 0 Å². The quantitative estimate of drug-likeness (QED) is 0.795. The first-order valence-corrected chi connectivity index (χ1v) is 9.19. The molecule has 2 aromatic rings. The summed E-state index contributed by atoms with van der Waals surface area (Å²) in [5, 5.41) is 2.99. The van der Waals surface area contributed by atoms with E-state index in [1.165, 1.54) is 0 Å². The molecule has 0 aliphatic carbocycles. The molecule has 0 spiro atoms. The molecule has 1 N–H and O–H groups in total. The number of carbonyl (C=O) groups excluding carboxylic acids is 2. The first kappa shape index (κ1) is 17.5. The standard InChI is InChI=1S/C21H22N2O4/c24-18(16-8-9-19-20(11-16)27-14-26-19)13-23-10-4-7-17(23)21(25)22-12-15-5-2-1-3-6-15/h1-3,5-6,8-9,11,17H,4,7,10,12-14H2,(H,22,25)/t17-/m0/s1. The Labute approximate surface area is 158 Å². The Kier molecular flexibility index (Phi) is 5.07. The van der Waals surface area contributed by atoms with Crippen molar-refractivity contribution in [2.75, 3.05) is 19.9 Å². The lowest BCUT2D eigenvalue weighted by molar-refractivity contribution is -0.125. The fourth-order valence-corrected chi connectivity index (χ4v) is 3.56. The summed E-state index contributed by atoms with van der Waals surface area (Å²) in [6.45, 7) is 1.66. The molecule has 4 rings (SSSR count). The number of rotatable bonds is 6. The van der Waals surface area contributed by atoms with Crippen LogP contribution in [0.4, 0.5) is 0 Å². The van der Waals surface area contributed by atoms with E-state index in [0.29, 0.717) is 23.6 Å². The van der Waals surface area contributed by atoms with E-state index in [1.807, 2.05) is 35.2 Å². The van der Waals surface area contributed by atoms with Crippen LogP contribution in [0.15, 0.2) is 48.5 Å². The van der Waals surface area contributed by atoms with E-state index in [2.05, 4.69) is 5.32 Å². The van der Waals surface area contributed by atoms with Crippen LogP contribution in [0.2, 0.25) is 0 Å². The molecule has 0 bridgehead atoms. The fraction of sp³-hybridized carbons (Fsp3) is 0.333. The summed E-state index contributed by atoms with van der Waals surface area (Å²) in [4.78, 5) is 27.2. The van der Waals surface area contributed by atoms with Crippen LogP contribution in [-0.2, 0) is 11.3 Å². The molecule has 27 heavy (non-hydrogen) atoms. The van der Waals surface area contributed by atoms with Crippen LogP contribution in [0.5, 0.6) is 11.5 Å². The Morgan fingerprint density at radius 3 is 2.74 bits per heavy atom. The number of ether oxygens (including phenoxy) is 2. The second-order valence-electron chi connectivity index (χ2n) is 6.82. The molecule has 2 aliphatic rings. The molecule has 140 valence electrons. The van der Waals surface area contributed by atoms with Crippen LogP contribution < -0.4 is 14.8 Å². The summed E-state index contributed by atoms with van der Waals surface area (Å²) in [6, 6.07) is 14.8. The molecule has 0 radical (unpaired) electrons. The van der Waals surface area contributed by atoms with Gasteiger partial charge in [0.15, 0.2) is 17.3 Å². The van der Waals surface area contributed by atoms with E-state index in [4.69, 9.17) is 9.47 Å². The highest BCUT2D eigenvalue weighted by Gasteiger charge is 2.32. The highest BCUT2D eigenvalue weighted by atomic mass is 16.7. The van der Waals surface area contributed by atoms with Gasteiger partial charge in [-0.15, -0.1) is 0 Å². The molecular weight excluding hydrogens is 344 g/mol. The highest BCUT2D eigenvalue weighted by Crippen LogP contribution is 2.32. The van der Waals surface area contributed by atoms with Crippen LogP contribution in [0.1, 0.15) is 28.8 Å². The second-order valence-corrected chi connectivity index (χ2v) is 6.82. The first-order valence-electron chi connectivity index (χ1n) is 9.19. The van der Waals surface area contributed by atoms with Gasteiger partial charge in [-0.25, -0.2) is 0 Å². The number of likely N-dealkylation sites (tertiary alicyclic amines) is 1. The number of nitrogens with zero attached hydrogens (tertiary/aromatic N) is 1. The summed E-state index contributed by atoms with van der Waals surface area (Å²) < 4.78 is 10.6. The number of nitrogens with one attached hydrogen (secondary N) is 1. The molecule has 2 aliphatic heterocycles. The Balaban J connectivity index is 1.36. The monoisotopic (exact) mass is 366 g/mol. The van der Waals surface area contributed by atoms with Gasteiger partial charge in [0.2, 0.25) is 12.7 Å². The van der Waals surface area contributed by atoms with Crippen molar-refractivity contribution >= 4 is 11.7 Å². The van der Waals surface area contributed by atoms with Crippen LogP contribution in [-0.4, -0.2) is 42.5 Å². The molecule has 0 saturated carbocycles. The van der Waals surface area contributed by atoms with Crippen molar-refractivity contribution in [1.29, 1.82) is 0 Å². The summed E-state index contributed by atoms with van der Waals surface area (Å²) in [7, 11) is 0. The van der Waals surface area contributed by atoms with E-state index in [-0.39, 0.29) is 31.1 Å². The number of ketones is 1. The highest BCUT2D eigenvalue weighted by molar-refractivity contribution is 5.98. The van der Waals surface area contributed by atoms with E-state index in [0.717, 1.165) is 24.9 Å². The third kappa shape index (κ3) is 3.95. The summed E-state index contributed by atoms with van der Waals surface area (Å²) in [5.74, 6) is 1.22. The number of Topliss-reactive ketones (excluding diaryl/α,β-unsaturated/α-hetero) is 1. The molecule has 1 atom stereocenters. The van der Waals surface area contributed by atoms with Gasteiger partial charge < -0.3 is 14.8 Å². The van der Waals surface area contributed by atoms with Gasteiger partial charge in [0.1, 0.15) is 0 Å². The maximum atomic E-state index is 12.7. The Morgan fingerprint density at radius 1 is 1.07 bits per heavy atom. The lowest BCUT2D eigenvalue weighted by Gasteiger charge is -2.23. The number of fused-ring (bicyclic) bond motifs is 1. The Bertz CT molecular complexity index is 837. The summed E-state index contributed by atoms with van der Waals surface area (Å²) in [6.07, 6.45) is 1.69. The molecule has 1 fully saturated rings. The minimum absolute atomic E-state index is 0.0175. The molecule has 1 saturated heterocycles. The predicted octanol–water partition coefficient (Wildman–Crippen LogP) is 2.38. The number of carbonyl (C=O) groups is 2. The molecule has 2 heterocycles. The van der Waals surface area contributed by atoms with Gasteiger partial charge in [-0.05, 0) is 43.1 Å². The normalized spacial score (nSPS) is 18.4. The van der Waals surface area contributed by atoms with Crippen LogP contribution in [0.3, 0.4) is 0 Å². The van der Waals surface area contributed by atoms with Gasteiger partial charge in [0.05, 0.1) is 12.6 Å². The van der Waals surface area contributed by atoms with Crippen molar-refractivity contribution in [1.82, 2.24) is 10.2 Å². The third-order valence-corrected chi connectivity index (χ3v) is 5.02. The largest absolute Gasteiger partial charge is 0.454 e. The van der Waals surface area contributed by atoms with Gasteiger partial charge in [0.25, 0.3) is 0 Å². The fourth-order valence-electron chi connectivity index (χ4n) is 3.56. The Hall–Kier alpha value is -2.86. The van der Waals surface area contributed by atoms with Crippen molar-refractivity contribution in [3.05, 3.63) is 59.7 Å². The van der Waals surface area contributed by atoms with Crippen LogP contribution in [0, 0.1) is 0 Å². The molecule has 0 unspecified atom stereocenters. The van der Waals surface area contributed by atoms with E-state index >= 15 is 0 Å². The average Bonchev–Trinajstić information content (AvgIpc) is 3.35. The predicted molar refractivity (Wildman–Crippen MR) is 99.8 cm³/mol. The lowest BCUT2D eigenvalue weighted by atomic mass is 10.1. The zero-order valence-corrected chi connectivity index (χ0v) is 15.0. The maximum absolute atomic E-state index is 12.7. The van der Waals surface area contributed by atoms with E-state index in [1.54, 1.807) is 18.2 Å². The number of amides is 1. The van der Waals surface area contributed by atoms with Crippen molar-refractivity contribution < 1.29 is 19.1 Å². The number of hydrogen-bond donors (Lipinski definition) is 1. The third-order valence-electron chi connectivity index (χ3n) is 5.02. The summed E-state index contributed by atoms with van der Waals surface area (Å²) in [5.41, 5.74) is 1.64. The van der Waals surface area contributed by atoms with Crippen molar-refractivity contribution in [3.8, 4) is 11.5 Å². The minimum atomic E-state index is -0.258. The zero-order valence-electron chi connectivity index (χ0n) is 15.0. The second kappa shape index (κ2) is 7.80. The molecule has 2 aromatic carbocycles. The smallest absolute Gasteiger partial charge is 0.237 e.